The molecule has 1 saturated heterocycles. The minimum Gasteiger partial charge on any atom is -0.378 e. The third-order valence-corrected chi connectivity index (χ3v) is 2.76. The molecule has 3 heteroatoms. The van der Waals surface area contributed by atoms with Crippen LogP contribution in [0.2, 0.25) is 5.72 Å². The van der Waals surface area contributed by atoms with E-state index in [0.717, 1.165) is 19.4 Å². The highest BCUT2D eigenvalue weighted by Gasteiger charge is 2.38. The summed E-state index contributed by atoms with van der Waals surface area (Å²) < 4.78 is 5.46. The summed E-state index contributed by atoms with van der Waals surface area (Å²) in [5.74, 6) is 0. The van der Waals surface area contributed by atoms with Crippen molar-refractivity contribution in [2.45, 2.75) is 38.5 Å². The van der Waals surface area contributed by atoms with Crippen LogP contribution in [0.5, 0.6) is 0 Å². The summed E-state index contributed by atoms with van der Waals surface area (Å²) in [4.78, 5) is 0. The van der Waals surface area contributed by atoms with Crippen molar-refractivity contribution in [3.8, 4) is 0 Å². The molecule has 1 aliphatic rings. The third kappa shape index (κ3) is 1.64. The van der Waals surface area contributed by atoms with Gasteiger partial charge in [0.15, 0.2) is 0 Å². The predicted molar refractivity (Wildman–Crippen MR) is 48.0 cm³/mol. The molecule has 0 spiro atoms. The highest BCUT2D eigenvalue weighted by atomic mass is 16.5. The van der Waals surface area contributed by atoms with Gasteiger partial charge < -0.3 is 4.74 Å². The summed E-state index contributed by atoms with van der Waals surface area (Å²) >= 11 is 0. The van der Waals surface area contributed by atoms with Gasteiger partial charge in [-0.1, -0.05) is 6.92 Å². The normalized spacial score (nSPS) is 38.3. The second kappa shape index (κ2) is 3.22. The lowest BCUT2D eigenvalue weighted by atomic mass is 9.53. The molecule has 0 aromatic heterocycles. The Bertz CT molecular complexity index is 138. The maximum atomic E-state index is 5.70. The van der Waals surface area contributed by atoms with E-state index in [9.17, 15) is 0 Å². The number of ether oxygens (including phenoxy) is 1. The zero-order valence-corrected chi connectivity index (χ0v) is 7.34. The lowest BCUT2D eigenvalue weighted by Crippen LogP contribution is -2.27. The van der Waals surface area contributed by atoms with Crippen LogP contribution >= 0.6 is 0 Å². The fraction of sp³-hybridized carbons (Fsp3) is 1.00. The molecule has 0 bridgehead atoms. The molecule has 2 atom stereocenters. The molecule has 0 amide bonds. The summed E-state index contributed by atoms with van der Waals surface area (Å²) in [5.41, 5.74) is -0.197. The summed E-state index contributed by atoms with van der Waals surface area (Å²) in [5, 5.41) is 0. The van der Waals surface area contributed by atoms with Gasteiger partial charge in [-0.25, -0.2) is 0 Å². The maximum absolute atomic E-state index is 5.70. The molecule has 0 aromatic rings. The largest absolute Gasteiger partial charge is 0.378 e. The van der Waals surface area contributed by atoms with Crippen LogP contribution in [0, 0.1) is 5.41 Å². The van der Waals surface area contributed by atoms with E-state index in [0.29, 0.717) is 6.10 Å². The van der Waals surface area contributed by atoms with E-state index in [4.69, 9.17) is 20.4 Å². The van der Waals surface area contributed by atoms with Crippen LogP contribution in [-0.2, 0) is 4.74 Å². The van der Waals surface area contributed by atoms with Crippen molar-refractivity contribution < 1.29 is 4.74 Å². The Morgan fingerprint density at radius 1 is 1.64 bits per heavy atom. The lowest BCUT2D eigenvalue weighted by molar-refractivity contribution is 0.106. The third-order valence-electron chi connectivity index (χ3n) is 2.76. The Balaban J connectivity index is 2.62. The van der Waals surface area contributed by atoms with Crippen molar-refractivity contribution in [1.29, 1.82) is 0 Å². The first kappa shape index (κ1) is 9.18. The van der Waals surface area contributed by atoms with E-state index in [-0.39, 0.29) is 11.1 Å². The number of rotatable bonds is 2. The van der Waals surface area contributed by atoms with Gasteiger partial charge in [0.05, 0.1) is 28.4 Å². The van der Waals surface area contributed by atoms with Crippen LogP contribution in [-0.4, -0.2) is 28.4 Å². The smallest absolute Gasteiger partial charge is 0.0584 e. The minimum atomic E-state index is -0.238. The SMILES string of the molecule is [B]C([B])C1(CC)COC(C)C1. The van der Waals surface area contributed by atoms with Crippen molar-refractivity contribution >= 4 is 15.7 Å². The van der Waals surface area contributed by atoms with Gasteiger partial charge in [-0.15, -0.1) is 5.72 Å². The molecular weight excluding hydrogens is 134 g/mol. The highest BCUT2D eigenvalue weighted by molar-refractivity contribution is 6.36. The maximum Gasteiger partial charge on any atom is 0.0584 e. The first-order valence-electron chi connectivity index (χ1n) is 4.23. The van der Waals surface area contributed by atoms with Gasteiger partial charge >= 0.3 is 0 Å². The monoisotopic (exact) mass is 148 g/mol. The highest BCUT2D eigenvalue weighted by Crippen LogP contribution is 2.42. The van der Waals surface area contributed by atoms with Crippen LogP contribution in [0.1, 0.15) is 26.7 Å². The number of hydrogen-bond donors (Lipinski definition) is 0. The van der Waals surface area contributed by atoms with Crippen molar-refractivity contribution in [2.75, 3.05) is 6.61 Å². The van der Waals surface area contributed by atoms with E-state index in [2.05, 4.69) is 13.8 Å². The average molecular weight is 148 g/mol. The molecule has 0 saturated carbocycles. The molecule has 1 fully saturated rings. The standard InChI is InChI=1S/C8H14B2O/c1-3-8(7(9)10)4-6(2)11-5-8/h6-7H,3-5H2,1-2H3. The Morgan fingerprint density at radius 2 is 2.27 bits per heavy atom. The number of hydrogen-bond acceptors (Lipinski definition) is 1. The van der Waals surface area contributed by atoms with Gasteiger partial charge in [-0.05, 0) is 25.2 Å². The Morgan fingerprint density at radius 3 is 2.45 bits per heavy atom. The minimum absolute atomic E-state index is 0.0411. The lowest BCUT2D eigenvalue weighted by Gasteiger charge is -2.31. The van der Waals surface area contributed by atoms with Gasteiger partial charge in [0.25, 0.3) is 0 Å². The first-order chi connectivity index (χ1) is 5.10. The van der Waals surface area contributed by atoms with E-state index >= 15 is 0 Å². The van der Waals surface area contributed by atoms with Gasteiger partial charge in [0.1, 0.15) is 0 Å². The molecular formula is C8H14B2O. The molecule has 1 heterocycles. The topological polar surface area (TPSA) is 9.23 Å². The molecule has 0 aliphatic carbocycles. The van der Waals surface area contributed by atoms with Crippen molar-refractivity contribution in [1.82, 2.24) is 0 Å². The zero-order valence-electron chi connectivity index (χ0n) is 7.34. The van der Waals surface area contributed by atoms with Gasteiger partial charge in [0, 0.05) is 0 Å². The van der Waals surface area contributed by atoms with Crippen LogP contribution in [0.3, 0.4) is 0 Å². The molecule has 4 radical (unpaired) electrons. The van der Waals surface area contributed by atoms with Gasteiger partial charge in [0.2, 0.25) is 0 Å². The second-order valence-electron chi connectivity index (χ2n) is 3.57. The quantitative estimate of drug-likeness (QED) is 0.535. The summed E-state index contributed by atoms with van der Waals surface area (Å²) in [6.07, 6.45) is 2.33. The first-order valence-corrected chi connectivity index (χ1v) is 4.23. The van der Waals surface area contributed by atoms with Crippen molar-refractivity contribution in [3.05, 3.63) is 0 Å². The summed E-state index contributed by atoms with van der Waals surface area (Å²) in [6, 6.07) is 0. The molecule has 11 heavy (non-hydrogen) atoms. The molecule has 1 nitrogen and oxygen atoms in total. The molecule has 1 rings (SSSR count). The second-order valence-corrected chi connectivity index (χ2v) is 3.57. The van der Waals surface area contributed by atoms with Crippen molar-refractivity contribution in [2.24, 2.45) is 5.41 Å². The fourth-order valence-electron chi connectivity index (χ4n) is 1.71. The molecule has 58 valence electrons. The molecule has 0 aromatic carbocycles. The fourth-order valence-corrected chi connectivity index (χ4v) is 1.71. The Hall–Kier alpha value is 0.0899. The average Bonchev–Trinajstić information content (AvgIpc) is 2.33. The molecule has 0 N–H and O–H groups in total. The Kier molecular flexibility index (Phi) is 2.69. The van der Waals surface area contributed by atoms with Crippen LogP contribution in [0.15, 0.2) is 0 Å². The van der Waals surface area contributed by atoms with Crippen LogP contribution < -0.4 is 0 Å². The van der Waals surface area contributed by atoms with Gasteiger partial charge in [-0.2, -0.15) is 0 Å². The van der Waals surface area contributed by atoms with Crippen molar-refractivity contribution in [3.63, 3.8) is 0 Å². The Labute approximate surface area is 71.7 Å². The van der Waals surface area contributed by atoms with E-state index in [1.54, 1.807) is 0 Å². The van der Waals surface area contributed by atoms with E-state index < -0.39 is 0 Å². The van der Waals surface area contributed by atoms with E-state index in [1.807, 2.05) is 0 Å². The van der Waals surface area contributed by atoms with Crippen LogP contribution in [0.25, 0.3) is 0 Å². The zero-order chi connectivity index (χ0) is 8.48. The molecule has 2 unspecified atom stereocenters. The predicted octanol–water partition coefficient (Wildman–Crippen LogP) is 1.27. The van der Waals surface area contributed by atoms with E-state index in [1.165, 1.54) is 0 Å². The molecule has 1 aliphatic heterocycles. The summed E-state index contributed by atoms with van der Waals surface area (Å²) in [7, 11) is 11.4. The van der Waals surface area contributed by atoms with Gasteiger partial charge in [-0.3, -0.25) is 0 Å². The summed E-state index contributed by atoms with van der Waals surface area (Å²) in [6.45, 7) is 4.91. The van der Waals surface area contributed by atoms with Crippen LogP contribution in [0.4, 0.5) is 0 Å².